The zero-order valence-corrected chi connectivity index (χ0v) is 15.7. The average molecular weight is 404 g/mol. The molecule has 1 unspecified atom stereocenters. The third-order valence-electron chi connectivity index (χ3n) is 5.16. The fourth-order valence-electron chi connectivity index (χ4n) is 3.74. The number of fused-ring (bicyclic) bond motifs is 2. The zero-order chi connectivity index (χ0) is 20.1. The number of hydrogen-bond donors (Lipinski definition) is 3. The summed E-state index contributed by atoms with van der Waals surface area (Å²) in [7, 11) is 0. The van der Waals surface area contributed by atoms with E-state index in [4.69, 9.17) is 11.6 Å². The average Bonchev–Trinajstić information content (AvgIpc) is 3.25. The topological polar surface area (TPSA) is 91.3 Å². The van der Waals surface area contributed by atoms with Crippen LogP contribution in [0.5, 0.6) is 0 Å². The van der Waals surface area contributed by atoms with Crippen LogP contribution in [0.15, 0.2) is 72.3 Å². The molecule has 1 atom stereocenters. The molecule has 0 aliphatic carbocycles. The van der Waals surface area contributed by atoms with E-state index in [2.05, 4.69) is 15.6 Å². The number of hydrogen-bond acceptors (Lipinski definition) is 6. The Hall–Kier alpha value is -3.48. The third-order valence-corrected chi connectivity index (χ3v) is 5.37. The number of nitrogens with one attached hydrogen (secondary N) is 2. The maximum Gasteiger partial charge on any atom is 0.253 e. The summed E-state index contributed by atoms with van der Waals surface area (Å²) in [6.07, 6.45) is 2.12. The Kier molecular flexibility index (Phi) is 3.97. The summed E-state index contributed by atoms with van der Waals surface area (Å²) in [5.41, 5.74) is 4.84. The molecule has 142 valence electrons. The molecule has 0 bridgehead atoms. The van der Waals surface area contributed by atoms with Crippen molar-refractivity contribution < 1.29 is 14.7 Å². The number of pyridine rings is 1. The minimum Gasteiger partial charge on any atom is -0.382 e. The van der Waals surface area contributed by atoms with Gasteiger partial charge in [0.05, 0.1) is 5.70 Å². The van der Waals surface area contributed by atoms with Crippen LogP contribution in [0.3, 0.4) is 0 Å². The molecule has 0 radical (unpaired) electrons. The maximum absolute atomic E-state index is 13.1. The molecule has 0 amide bonds. The van der Waals surface area contributed by atoms with E-state index < -0.39 is 11.3 Å². The molecular formula is C22H14ClN3O3. The number of allylic oxidation sites excluding steroid dienone is 1. The highest BCUT2D eigenvalue weighted by molar-refractivity contribution is 6.68. The van der Waals surface area contributed by atoms with E-state index in [0.717, 1.165) is 11.3 Å². The Morgan fingerprint density at radius 1 is 1.03 bits per heavy atom. The van der Waals surface area contributed by atoms with Crippen molar-refractivity contribution in [2.75, 3.05) is 10.6 Å². The van der Waals surface area contributed by atoms with Gasteiger partial charge in [-0.15, -0.1) is 0 Å². The van der Waals surface area contributed by atoms with E-state index >= 15 is 0 Å². The fraction of sp³-hybridized carbons (Fsp3) is 0.0455. The second-order valence-corrected chi connectivity index (χ2v) is 7.16. The fourth-order valence-corrected chi connectivity index (χ4v) is 3.90. The monoisotopic (exact) mass is 403 g/mol. The lowest BCUT2D eigenvalue weighted by atomic mass is 9.98. The van der Waals surface area contributed by atoms with Crippen LogP contribution in [0.1, 0.15) is 32.4 Å². The predicted molar refractivity (Wildman–Crippen MR) is 110 cm³/mol. The Morgan fingerprint density at radius 2 is 1.86 bits per heavy atom. The second kappa shape index (κ2) is 6.55. The molecule has 7 heteroatoms. The maximum atomic E-state index is 13.1. The van der Waals surface area contributed by atoms with E-state index in [1.807, 2.05) is 24.3 Å². The van der Waals surface area contributed by atoms with Gasteiger partial charge in [0.15, 0.2) is 0 Å². The smallest absolute Gasteiger partial charge is 0.253 e. The van der Waals surface area contributed by atoms with Gasteiger partial charge in [0.25, 0.3) is 5.24 Å². The molecule has 3 heterocycles. The zero-order valence-electron chi connectivity index (χ0n) is 14.9. The van der Waals surface area contributed by atoms with Gasteiger partial charge in [-0.1, -0.05) is 24.3 Å². The van der Waals surface area contributed by atoms with E-state index in [0.29, 0.717) is 39.3 Å². The molecule has 0 saturated heterocycles. The van der Waals surface area contributed by atoms with Crippen LogP contribution in [0.2, 0.25) is 0 Å². The van der Waals surface area contributed by atoms with Crippen LogP contribution in [0.4, 0.5) is 11.4 Å². The lowest BCUT2D eigenvalue weighted by Gasteiger charge is -2.09. The summed E-state index contributed by atoms with van der Waals surface area (Å²) in [6.45, 7) is 0. The lowest BCUT2D eigenvalue weighted by Crippen LogP contribution is -2.12. The molecule has 0 spiro atoms. The Bertz CT molecular complexity index is 1240. The molecule has 0 fully saturated rings. The number of aliphatic hydroxyl groups is 1. The van der Waals surface area contributed by atoms with Gasteiger partial charge < -0.3 is 15.7 Å². The summed E-state index contributed by atoms with van der Waals surface area (Å²) in [4.78, 5) is 28.9. The number of benzene rings is 2. The van der Waals surface area contributed by atoms with Crippen molar-refractivity contribution in [1.29, 1.82) is 0 Å². The van der Waals surface area contributed by atoms with Crippen molar-refractivity contribution in [2.24, 2.45) is 0 Å². The van der Waals surface area contributed by atoms with Crippen LogP contribution in [-0.2, 0) is 0 Å². The number of aromatic nitrogens is 1. The van der Waals surface area contributed by atoms with Crippen molar-refractivity contribution in [2.45, 2.75) is 6.10 Å². The van der Waals surface area contributed by atoms with Gasteiger partial charge in [0.2, 0.25) is 5.78 Å². The largest absolute Gasteiger partial charge is 0.382 e. The third kappa shape index (κ3) is 2.73. The Labute approximate surface area is 170 Å². The minimum atomic E-state index is -0.912. The number of carbonyl (C=O) groups is 2. The van der Waals surface area contributed by atoms with Crippen molar-refractivity contribution in [1.82, 2.24) is 4.98 Å². The lowest BCUT2D eigenvalue weighted by molar-refractivity contribution is 0.103. The van der Waals surface area contributed by atoms with Gasteiger partial charge in [-0.3, -0.25) is 14.6 Å². The summed E-state index contributed by atoms with van der Waals surface area (Å²) in [5, 5.41) is 16.3. The summed E-state index contributed by atoms with van der Waals surface area (Å²) < 4.78 is 0. The molecule has 0 saturated carbocycles. The van der Waals surface area contributed by atoms with Crippen molar-refractivity contribution >= 4 is 34.0 Å². The van der Waals surface area contributed by atoms with Gasteiger partial charge in [-0.05, 0) is 41.4 Å². The first-order valence-electron chi connectivity index (χ1n) is 8.93. The molecule has 6 nitrogen and oxygen atoms in total. The number of anilines is 2. The van der Waals surface area contributed by atoms with Crippen molar-refractivity contribution in [3.63, 3.8) is 0 Å². The van der Waals surface area contributed by atoms with Crippen LogP contribution < -0.4 is 10.6 Å². The summed E-state index contributed by atoms with van der Waals surface area (Å²) in [5.74, 6) is -0.237. The van der Waals surface area contributed by atoms with Gasteiger partial charge in [-0.25, -0.2) is 0 Å². The molecule has 3 aromatic rings. The number of ketones is 1. The highest BCUT2D eigenvalue weighted by atomic mass is 35.5. The standard InChI is InChI=1S/C22H14ClN3O3/c23-22(29)12-7-8-24-10-15(12)11-5-6-17-14(9-11)21(28)19(26-17)18-20(27)13-3-1-2-4-16(13)25-18/h1-10,20,25-27H/b19-18+. The number of nitrogens with zero attached hydrogens (tertiary/aromatic N) is 1. The number of rotatable bonds is 2. The van der Waals surface area contributed by atoms with Crippen molar-refractivity contribution in [3.8, 4) is 11.1 Å². The normalized spacial score (nSPS) is 19.4. The number of carbonyl (C=O) groups excluding carboxylic acids is 2. The molecule has 2 aliphatic heterocycles. The van der Waals surface area contributed by atoms with Gasteiger partial charge >= 0.3 is 0 Å². The SMILES string of the molecule is O=C1/C(=C2\Nc3ccccc3C2O)Nc2ccc(-c3cnccc3C(=O)Cl)cc21. The highest BCUT2D eigenvalue weighted by Gasteiger charge is 2.35. The number of Topliss-reactive ketones (excluding diaryl/α,β-unsaturated/α-hetero) is 1. The van der Waals surface area contributed by atoms with Gasteiger partial charge in [0, 0.05) is 46.0 Å². The van der Waals surface area contributed by atoms with Crippen LogP contribution in [0.25, 0.3) is 11.1 Å². The number of para-hydroxylation sites is 1. The molecule has 29 heavy (non-hydrogen) atoms. The summed E-state index contributed by atoms with van der Waals surface area (Å²) >= 11 is 5.68. The van der Waals surface area contributed by atoms with Crippen LogP contribution in [0, 0.1) is 0 Å². The first-order valence-corrected chi connectivity index (χ1v) is 9.30. The number of halogens is 1. The first kappa shape index (κ1) is 17.6. The van der Waals surface area contributed by atoms with Crippen LogP contribution >= 0.6 is 11.6 Å². The summed E-state index contributed by atoms with van der Waals surface area (Å²) in [6, 6.07) is 14.2. The van der Waals surface area contributed by atoms with E-state index in [9.17, 15) is 14.7 Å². The molecule has 1 aromatic heterocycles. The molecule has 2 aliphatic rings. The first-order chi connectivity index (χ1) is 14.0. The highest BCUT2D eigenvalue weighted by Crippen LogP contribution is 2.41. The Balaban J connectivity index is 1.57. The molecule has 5 rings (SSSR count). The van der Waals surface area contributed by atoms with Gasteiger partial charge in [-0.2, -0.15) is 0 Å². The van der Waals surface area contributed by atoms with E-state index in [1.54, 1.807) is 30.5 Å². The van der Waals surface area contributed by atoms with Crippen molar-refractivity contribution in [3.05, 3.63) is 89.0 Å². The predicted octanol–water partition coefficient (Wildman–Crippen LogP) is 4.11. The van der Waals surface area contributed by atoms with E-state index in [-0.39, 0.29) is 5.78 Å². The molecule has 2 aromatic carbocycles. The van der Waals surface area contributed by atoms with Gasteiger partial charge in [0.1, 0.15) is 11.8 Å². The quantitative estimate of drug-likeness (QED) is 0.440. The number of aliphatic hydroxyl groups excluding tert-OH is 1. The van der Waals surface area contributed by atoms with E-state index in [1.165, 1.54) is 6.20 Å². The Morgan fingerprint density at radius 3 is 2.66 bits per heavy atom. The van der Waals surface area contributed by atoms with Crippen LogP contribution in [-0.4, -0.2) is 21.1 Å². The minimum absolute atomic E-state index is 0.237. The molecule has 3 N–H and O–H groups in total. The second-order valence-electron chi connectivity index (χ2n) is 6.81. The molecular weight excluding hydrogens is 390 g/mol.